The van der Waals surface area contributed by atoms with Gasteiger partial charge in [-0.2, -0.15) is 0 Å². The summed E-state index contributed by atoms with van der Waals surface area (Å²) in [4.78, 5) is 25.0. The third kappa shape index (κ3) is 4.31. The molecule has 104 valence electrons. The van der Waals surface area contributed by atoms with Gasteiger partial charge >= 0.3 is 5.97 Å². The van der Waals surface area contributed by atoms with E-state index in [0.717, 1.165) is 13.0 Å². The molecule has 18 heavy (non-hydrogen) atoms. The Kier molecular flexibility index (Phi) is 4.77. The van der Waals surface area contributed by atoms with Gasteiger partial charge in [0.25, 0.3) is 0 Å². The lowest BCUT2D eigenvalue weighted by Crippen LogP contribution is -2.46. The number of hydrogen-bond donors (Lipinski definition) is 1. The van der Waals surface area contributed by atoms with Gasteiger partial charge in [0.15, 0.2) is 0 Å². The van der Waals surface area contributed by atoms with Crippen LogP contribution >= 0.6 is 0 Å². The number of carboxylic acids is 1. The van der Waals surface area contributed by atoms with Gasteiger partial charge in [-0.3, -0.25) is 9.59 Å². The predicted octanol–water partition coefficient (Wildman–Crippen LogP) is 2.52. The topological polar surface area (TPSA) is 57.6 Å². The van der Waals surface area contributed by atoms with Crippen molar-refractivity contribution in [1.29, 1.82) is 0 Å². The van der Waals surface area contributed by atoms with Crippen molar-refractivity contribution in [3.05, 3.63) is 0 Å². The van der Waals surface area contributed by atoms with Crippen LogP contribution in [0, 0.1) is 11.3 Å². The summed E-state index contributed by atoms with van der Waals surface area (Å²) in [6, 6.07) is 0.286. The van der Waals surface area contributed by atoms with Crippen molar-refractivity contribution < 1.29 is 14.7 Å². The minimum atomic E-state index is -0.840. The van der Waals surface area contributed by atoms with E-state index in [9.17, 15) is 9.59 Å². The number of carboxylic acid groups (broad SMARTS) is 1. The maximum Gasteiger partial charge on any atom is 0.303 e. The van der Waals surface area contributed by atoms with Gasteiger partial charge in [0, 0.05) is 19.0 Å². The van der Waals surface area contributed by atoms with Crippen LogP contribution in [0.4, 0.5) is 0 Å². The zero-order valence-corrected chi connectivity index (χ0v) is 11.9. The van der Waals surface area contributed by atoms with E-state index in [1.807, 2.05) is 18.7 Å². The Balaban J connectivity index is 2.61. The van der Waals surface area contributed by atoms with E-state index in [-0.39, 0.29) is 18.4 Å². The zero-order chi connectivity index (χ0) is 13.9. The molecule has 1 rings (SSSR count). The number of likely N-dealkylation sites (tertiary alicyclic amines) is 1. The van der Waals surface area contributed by atoms with Gasteiger partial charge in [0.2, 0.25) is 5.91 Å². The van der Waals surface area contributed by atoms with Crippen molar-refractivity contribution in [1.82, 2.24) is 4.90 Å². The largest absolute Gasteiger partial charge is 0.481 e. The fourth-order valence-corrected chi connectivity index (χ4v) is 2.62. The Bertz CT molecular complexity index is 325. The molecule has 1 amide bonds. The molecule has 0 saturated carbocycles. The monoisotopic (exact) mass is 255 g/mol. The first kappa shape index (κ1) is 15.0. The molecule has 0 aliphatic carbocycles. The summed E-state index contributed by atoms with van der Waals surface area (Å²) in [5.74, 6) is -0.194. The van der Waals surface area contributed by atoms with Gasteiger partial charge in [0.05, 0.1) is 6.42 Å². The normalized spacial score (nSPS) is 25.0. The first-order chi connectivity index (χ1) is 8.21. The first-order valence-corrected chi connectivity index (χ1v) is 6.72. The number of nitrogens with zero attached hydrogens (tertiary/aromatic N) is 1. The SMILES string of the molecule is C[C@H]1CC[C@@H](C)N(C(=O)CC(C)(C)CC(=O)O)C1. The number of amides is 1. The lowest BCUT2D eigenvalue weighted by atomic mass is 9.84. The fourth-order valence-electron chi connectivity index (χ4n) is 2.62. The van der Waals surface area contributed by atoms with Gasteiger partial charge in [-0.15, -0.1) is 0 Å². The van der Waals surface area contributed by atoms with Gasteiger partial charge in [-0.1, -0.05) is 20.8 Å². The predicted molar refractivity (Wildman–Crippen MR) is 70.2 cm³/mol. The van der Waals surface area contributed by atoms with Crippen LogP contribution in [0.2, 0.25) is 0 Å². The van der Waals surface area contributed by atoms with Crippen molar-refractivity contribution in [2.75, 3.05) is 6.54 Å². The summed E-state index contributed by atoms with van der Waals surface area (Å²) >= 11 is 0. The Hall–Kier alpha value is -1.06. The minimum Gasteiger partial charge on any atom is -0.481 e. The summed E-state index contributed by atoms with van der Waals surface area (Å²) in [5, 5.41) is 8.84. The fraction of sp³-hybridized carbons (Fsp3) is 0.857. The Morgan fingerprint density at radius 2 is 1.83 bits per heavy atom. The lowest BCUT2D eigenvalue weighted by Gasteiger charge is -2.38. The molecule has 1 aliphatic rings. The van der Waals surface area contributed by atoms with Crippen LogP contribution in [0.25, 0.3) is 0 Å². The van der Waals surface area contributed by atoms with Crippen LogP contribution in [0.5, 0.6) is 0 Å². The van der Waals surface area contributed by atoms with Gasteiger partial charge in [0.1, 0.15) is 0 Å². The molecule has 0 aromatic rings. The Morgan fingerprint density at radius 3 is 2.39 bits per heavy atom. The second-order valence-corrected chi connectivity index (χ2v) is 6.49. The molecule has 0 spiro atoms. The molecule has 1 saturated heterocycles. The smallest absolute Gasteiger partial charge is 0.303 e. The molecule has 4 nitrogen and oxygen atoms in total. The highest BCUT2D eigenvalue weighted by Crippen LogP contribution is 2.29. The molecule has 0 unspecified atom stereocenters. The molecule has 2 atom stereocenters. The van der Waals surface area contributed by atoms with Gasteiger partial charge in [-0.25, -0.2) is 0 Å². The average Bonchev–Trinajstić information content (AvgIpc) is 2.18. The first-order valence-electron chi connectivity index (χ1n) is 6.72. The van der Waals surface area contributed by atoms with Crippen molar-refractivity contribution >= 4 is 11.9 Å². The molecule has 1 aliphatic heterocycles. The third-order valence-electron chi connectivity index (χ3n) is 3.70. The summed E-state index contributed by atoms with van der Waals surface area (Å²) in [6.45, 7) is 8.74. The lowest BCUT2D eigenvalue weighted by molar-refractivity contribution is -0.142. The standard InChI is InChI=1S/C14H25NO3/c1-10-5-6-11(2)15(9-10)12(16)7-14(3,4)8-13(17)18/h10-11H,5-9H2,1-4H3,(H,17,18)/t10-,11+/m0/s1. The molecular weight excluding hydrogens is 230 g/mol. The van der Waals surface area contributed by atoms with E-state index in [1.54, 1.807) is 0 Å². The van der Waals surface area contributed by atoms with Crippen LogP contribution in [-0.4, -0.2) is 34.5 Å². The van der Waals surface area contributed by atoms with Crippen LogP contribution in [0.3, 0.4) is 0 Å². The van der Waals surface area contributed by atoms with Crippen molar-refractivity contribution in [3.63, 3.8) is 0 Å². The zero-order valence-electron chi connectivity index (χ0n) is 11.9. The molecule has 0 aromatic heterocycles. The quantitative estimate of drug-likeness (QED) is 0.839. The van der Waals surface area contributed by atoms with E-state index >= 15 is 0 Å². The molecule has 1 heterocycles. The molecular formula is C14H25NO3. The number of carbonyl (C=O) groups is 2. The highest BCUT2D eigenvalue weighted by Gasteiger charge is 2.32. The Labute approximate surface area is 109 Å². The van der Waals surface area contributed by atoms with E-state index in [2.05, 4.69) is 13.8 Å². The van der Waals surface area contributed by atoms with E-state index < -0.39 is 11.4 Å². The third-order valence-corrected chi connectivity index (χ3v) is 3.70. The second-order valence-electron chi connectivity index (χ2n) is 6.49. The van der Waals surface area contributed by atoms with Crippen molar-refractivity contribution in [2.45, 2.75) is 59.4 Å². The molecule has 0 radical (unpaired) electrons. The maximum atomic E-state index is 12.3. The Morgan fingerprint density at radius 1 is 1.22 bits per heavy atom. The number of piperidine rings is 1. The van der Waals surface area contributed by atoms with Crippen molar-refractivity contribution in [3.8, 4) is 0 Å². The van der Waals surface area contributed by atoms with Crippen molar-refractivity contribution in [2.24, 2.45) is 11.3 Å². The highest BCUT2D eigenvalue weighted by atomic mass is 16.4. The van der Waals surface area contributed by atoms with E-state index in [4.69, 9.17) is 5.11 Å². The molecule has 4 heteroatoms. The second kappa shape index (κ2) is 5.72. The molecule has 0 aromatic carbocycles. The van der Waals surface area contributed by atoms with Gasteiger partial charge < -0.3 is 10.0 Å². The minimum absolute atomic E-state index is 0.0382. The molecule has 1 N–H and O–H groups in total. The number of hydrogen-bond acceptors (Lipinski definition) is 2. The number of aliphatic carboxylic acids is 1. The van der Waals surface area contributed by atoms with E-state index in [1.165, 1.54) is 6.42 Å². The summed E-state index contributed by atoms with van der Waals surface area (Å²) < 4.78 is 0. The summed E-state index contributed by atoms with van der Waals surface area (Å²) in [7, 11) is 0. The molecule has 1 fully saturated rings. The van der Waals surface area contributed by atoms with E-state index in [0.29, 0.717) is 12.3 Å². The van der Waals surface area contributed by atoms with Crippen LogP contribution in [0.15, 0.2) is 0 Å². The maximum absolute atomic E-state index is 12.3. The van der Waals surface area contributed by atoms with Gasteiger partial charge in [-0.05, 0) is 31.1 Å². The number of carbonyl (C=O) groups excluding carboxylic acids is 1. The number of rotatable bonds is 4. The molecule has 0 bridgehead atoms. The highest BCUT2D eigenvalue weighted by molar-refractivity contribution is 5.78. The van der Waals surface area contributed by atoms with Crippen LogP contribution < -0.4 is 0 Å². The summed E-state index contributed by atoms with van der Waals surface area (Å²) in [6.07, 6.45) is 2.57. The summed E-state index contributed by atoms with van der Waals surface area (Å²) in [5.41, 5.74) is -0.469. The average molecular weight is 255 g/mol. The van der Waals surface area contributed by atoms with Crippen LogP contribution in [0.1, 0.15) is 53.4 Å². The van der Waals surface area contributed by atoms with Crippen LogP contribution in [-0.2, 0) is 9.59 Å².